The third kappa shape index (κ3) is 7.48. The fourth-order valence-corrected chi connectivity index (χ4v) is 1.49. The van der Waals surface area contributed by atoms with E-state index >= 15 is 0 Å². The van der Waals surface area contributed by atoms with Crippen molar-refractivity contribution in [2.45, 2.75) is 13.7 Å². The molecule has 8 heteroatoms. The Labute approximate surface area is 117 Å². The Bertz CT molecular complexity index is 373. The highest BCUT2D eigenvalue weighted by Gasteiger charge is 2.11. The second kappa shape index (κ2) is 8.63. The molecule has 0 aliphatic heterocycles. The molecule has 0 saturated carbocycles. The van der Waals surface area contributed by atoms with Crippen LogP contribution >= 0.6 is 31.9 Å². The van der Waals surface area contributed by atoms with Gasteiger partial charge in [0, 0.05) is 6.20 Å². The third-order valence-electron chi connectivity index (χ3n) is 1.32. The number of carbonyl (C=O) groups is 1. The molecule has 1 aromatic heterocycles. The lowest BCUT2D eigenvalue weighted by molar-refractivity contribution is 0.0525. The van der Waals surface area contributed by atoms with Gasteiger partial charge in [0.25, 0.3) is 0 Å². The van der Waals surface area contributed by atoms with Crippen LogP contribution in [-0.4, -0.2) is 34.7 Å². The summed E-state index contributed by atoms with van der Waals surface area (Å²) < 4.78 is 6.09. The van der Waals surface area contributed by atoms with E-state index in [1.54, 1.807) is 19.2 Å². The monoisotopic (exact) mass is 367 g/mol. The molecule has 0 amide bonds. The van der Waals surface area contributed by atoms with E-state index in [-0.39, 0.29) is 5.97 Å². The maximum absolute atomic E-state index is 11.3. The maximum Gasteiger partial charge on any atom is 0.448 e. The van der Waals surface area contributed by atoms with Crippen molar-refractivity contribution in [2.75, 3.05) is 6.61 Å². The molecule has 1 aromatic rings. The van der Waals surface area contributed by atoms with Gasteiger partial charge in [-0.05, 0) is 51.7 Å². The highest BCUT2D eigenvalue weighted by Crippen LogP contribution is 2.19. The van der Waals surface area contributed by atoms with Gasteiger partial charge in [-0.1, -0.05) is 0 Å². The number of halogens is 2. The van der Waals surface area contributed by atoms with Crippen LogP contribution in [0.4, 0.5) is 0 Å². The normalized spacial score (nSPS) is 9.06. The number of nitrogens with zero attached hydrogens (tertiary/aromatic N) is 1. The topological polar surface area (TPSA) is 79.6 Å². The zero-order valence-corrected chi connectivity index (χ0v) is 12.5. The minimum atomic E-state index is -1.17. The van der Waals surface area contributed by atoms with E-state index in [4.69, 9.17) is 14.8 Å². The number of hydrogen-bond acceptors (Lipinski definition) is 5. The van der Waals surface area contributed by atoms with Crippen LogP contribution in [0.2, 0.25) is 6.82 Å². The zero-order chi connectivity index (χ0) is 13.4. The van der Waals surface area contributed by atoms with Crippen molar-refractivity contribution in [3.8, 4) is 0 Å². The molecule has 0 aliphatic carbocycles. The average molecular weight is 369 g/mol. The summed E-state index contributed by atoms with van der Waals surface area (Å²) in [5.41, 5.74) is 0.476. The molecule has 0 aliphatic rings. The molecule has 5 nitrogen and oxygen atoms in total. The molecule has 0 radical (unpaired) electrons. The first-order valence-corrected chi connectivity index (χ1v) is 6.31. The summed E-state index contributed by atoms with van der Waals surface area (Å²) in [4.78, 5) is 15.3. The fraction of sp³-hybridized carbons (Fsp3) is 0.333. The Morgan fingerprint density at radius 2 is 2.06 bits per heavy atom. The fourth-order valence-electron chi connectivity index (χ4n) is 0.778. The van der Waals surface area contributed by atoms with Gasteiger partial charge in [0.2, 0.25) is 0 Å². The van der Waals surface area contributed by atoms with E-state index < -0.39 is 7.12 Å². The van der Waals surface area contributed by atoms with Crippen molar-refractivity contribution in [3.63, 3.8) is 0 Å². The molecular weight excluding hydrogens is 357 g/mol. The van der Waals surface area contributed by atoms with Crippen molar-refractivity contribution in [3.05, 3.63) is 26.9 Å². The minimum absolute atomic E-state index is 0.350. The third-order valence-corrected chi connectivity index (χ3v) is 2.38. The van der Waals surface area contributed by atoms with E-state index in [9.17, 15) is 4.79 Å². The number of rotatable bonds is 2. The van der Waals surface area contributed by atoms with E-state index in [2.05, 4.69) is 36.8 Å². The highest BCUT2D eigenvalue weighted by atomic mass is 79.9. The lowest BCUT2D eigenvalue weighted by Crippen LogP contribution is -2.05. The molecule has 0 fully saturated rings. The Morgan fingerprint density at radius 3 is 2.53 bits per heavy atom. The SMILES string of the molecule is CB(O)O.CCOC(=O)c1cc(Br)ncc1Br. The van der Waals surface area contributed by atoms with Crippen LogP contribution in [0.3, 0.4) is 0 Å². The van der Waals surface area contributed by atoms with Crippen molar-refractivity contribution in [2.24, 2.45) is 0 Å². The Balaban J connectivity index is 0.000000557. The van der Waals surface area contributed by atoms with Gasteiger partial charge in [-0.25, -0.2) is 9.78 Å². The van der Waals surface area contributed by atoms with Crippen LogP contribution in [0.5, 0.6) is 0 Å². The van der Waals surface area contributed by atoms with Crippen molar-refractivity contribution >= 4 is 44.9 Å². The van der Waals surface area contributed by atoms with Gasteiger partial charge < -0.3 is 14.8 Å². The summed E-state index contributed by atoms with van der Waals surface area (Å²) in [7, 11) is -1.17. The van der Waals surface area contributed by atoms with Crippen LogP contribution in [0, 0.1) is 0 Å². The molecule has 94 valence electrons. The summed E-state index contributed by atoms with van der Waals surface area (Å²) in [6.45, 7) is 3.41. The Morgan fingerprint density at radius 1 is 1.53 bits per heavy atom. The first-order valence-electron chi connectivity index (χ1n) is 4.72. The molecule has 0 bridgehead atoms. The van der Waals surface area contributed by atoms with E-state index in [1.807, 2.05) is 0 Å². The molecule has 1 rings (SSSR count). The highest BCUT2D eigenvalue weighted by molar-refractivity contribution is 9.11. The lowest BCUT2D eigenvalue weighted by Gasteiger charge is -2.03. The quantitative estimate of drug-likeness (QED) is 0.473. The summed E-state index contributed by atoms with van der Waals surface area (Å²) in [5, 5.41) is 15.2. The first kappa shape index (κ1) is 16.6. The van der Waals surface area contributed by atoms with Crippen LogP contribution in [0.25, 0.3) is 0 Å². The van der Waals surface area contributed by atoms with Gasteiger partial charge in [0.15, 0.2) is 0 Å². The van der Waals surface area contributed by atoms with Crippen molar-refractivity contribution < 1.29 is 19.6 Å². The predicted molar refractivity (Wildman–Crippen MR) is 71.6 cm³/mol. The van der Waals surface area contributed by atoms with Crippen molar-refractivity contribution in [1.82, 2.24) is 4.98 Å². The number of ether oxygens (including phenoxy) is 1. The molecule has 0 spiro atoms. The van der Waals surface area contributed by atoms with Gasteiger partial charge in [0.05, 0.1) is 16.6 Å². The second-order valence-corrected chi connectivity index (χ2v) is 4.51. The van der Waals surface area contributed by atoms with Gasteiger partial charge in [-0.2, -0.15) is 0 Å². The molecule has 0 atom stereocenters. The van der Waals surface area contributed by atoms with E-state index in [0.29, 0.717) is 21.2 Å². The molecule has 1 heterocycles. The van der Waals surface area contributed by atoms with Crippen molar-refractivity contribution in [1.29, 1.82) is 0 Å². The molecule has 2 N–H and O–H groups in total. The summed E-state index contributed by atoms with van der Waals surface area (Å²) >= 11 is 6.39. The van der Waals surface area contributed by atoms with Crippen LogP contribution in [0.15, 0.2) is 21.3 Å². The molecule has 17 heavy (non-hydrogen) atoms. The first-order chi connectivity index (χ1) is 7.88. The van der Waals surface area contributed by atoms with Crippen LogP contribution < -0.4 is 0 Å². The smallest absolute Gasteiger partial charge is 0.448 e. The number of aromatic nitrogens is 1. The molecule has 0 unspecified atom stereocenters. The van der Waals surface area contributed by atoms with Gasteiger partial charge in [-0.3, -0.25) is 0 Å². The largest absolute Gasteiger partial charge is 0.462 e. The second-order valence-electron chi connectivity index (χ2n) is 2.84. The molecular formula is C9H12BBr2NO4. The number of esters is 1. The number of hydrogen-bond donors (Lipinski definition) is 2. The Kier molecular flexibility index (Phi) is 8.41. The Hall–Kier alpha value is -0.435. The molecule has 0 aromatic carbocycles. The van der Waals surface area contributed by atoms with E-state index in [1.165, 1.54) is 6.82 Å². The predicted octanol–water partition coefficient (Wildman–Crippen LogP) is 1.87. The van der Waals surface area contributed by atoms with Crippen LogP contribution in [0.1, 0.15) is 17.3 Å². The minimum Gasteiger partial charge on any atom is -0.462 e. The van der Waals surface area contributed by atoms with Gasteiger partial charge in [0.1, 0.15) is 4.60 Å². The average Bonchev–Trinajstić information content (AvgIpc) is 2.21. The summed E-state index contributed by atoms with van der Waals surface area (Å²) in [6, 6.07) is 1.61. The number of carbonyl (C=O) groups excluding carboxylic acids is 1. The van der Waals surface area contributed by atoms with Gasteiger partial charge in [-0.15, -0.1) is 0 Å². The van der Waals surface area contributed by atoms with Crippen LogP contribution in [-0.2, 0) is 4.74 Å². The summed E-state index contributed by atoms with van der Waals surface area (Å²) in [5.74, 6) is -0.350. The van der Waals surface area contributed by atoms with E-state index in [0.717, 1.165) is 0 Å². The number of pyridine rings is 1. The zero-order valence-electron chi connectivity index (χ0n) is 9.35. The lowest BCUT2D eigenvalue weighted by atomic mass is 9.99. The maximum atomic E-state index is 11.3. The summed E-state index contributed by atoms with van der Waals surface area (Å²) in [6.07, 6.45) is 1.55. The van der Waals surface area contributed by atoms with Gasteiger partial charge >= 0.3 is 13.1 Å². The molecule has 0 saturated heterocycles. The standard InChI is InChI=1S/C8H7Br2NO2.CH5BO2/c1-2-13-8(12)5-3-7(10)11-4-6(5)9;1-2(3)4/h3-4H,2H2,1H3;3-4H,1H3.